The molecule has 0 saturated carbocycles. The van der Waals surface area contributed by atoms with Crippen LogP contribution in [-0.2, 0) is 6.42 Å². The quantitative estimate of drug-likeness (QED) is 0.850. The summed E-state index contributed by atoms with van der Waals surface area (Å²) in [5.74, 6) is 1.11. The highest BCUT2D eigenvalue weighted by Crippen LogP contribution is 2.26. The Balaban J connectivity index is 1.98. The molecule has 1 heterocycles. The monoisotopic (exact) mass is 320 g/mol. The molecule has 1 aromatic heterocycles. The van der Waals surface area contributed by atoms with E-state index in [0.717, 1.165) is 17.9 Å². The smallest absolute Gasteiger partial charge is 0.0948 e. The van der Waals surface area contributed by atoms with E-state index in [2.05, 4.69) is 55.7 Å². The van der Waals surface area contributed by atoms with Gasteiger partial charge in [0.2, 0.25) is 0 Å². The molecule has 0 saturated heterocycles. The lowest BCUT2D eigenvalue weighted by Crippen LogP contribution is -2.31. The molecule has 2 nitrogen and oxygen atoms in total. The summed E-state index contributed by atoms with van der Waals surface area (Å²) in [7, 11) is 2.04. The average Bonchev–Trinajstić information content (AvgIpc) is 2.92. The van der Waals surface area contributed by atoms with E-state index in [9.17, 15) is 0 Å². The fourth-order valence-corrected chi connectivity index (χ4v) is 3.82. The van der Waals surface area contributed by atoms with Crippen molar-refractivity contribution in [2.75, 3.05) is 12.8 Å². The lowest BCUT2D eigenvalue weighted by atomic mass is 10.2. The molecule has 0 amide bonds. The van der Waals surface area contributed by atoms with Gasteiger partial charge < -0.3 is 5.32 Å². The summed E-state index contributed by atoms with van der Waals surface area (Å²) in [5.41, 5.74) is 2.29. The molecule has 1 aromatic carbocycles. The predicted molar refractivity (Wildman–Crippen MR) is 96.3 cm³/mol. The number of hydrogen-bond acceptors (Lipinski definition) is 4. The van der Waals surface area contributed by atoms with Gasteiger partial charge in [0.1, 0.15) is 0 Å². The second-order valence-corrected chi connectivity index (χ2v) is 8.90. The van der Waals surface area contributed by atoms with Gasteiger partial charge in [0.25, 0.3) is 0 Å². The first-order valence-corrected chi connectivity index (χ1v) is 9.15. The Labute approximate surface area is 136 Å². The van der Waals surface area contributed by atoms with Gasteiger partial charge in [-0.3, -0.25) is 0 Å². The molecular formula is C17H24N2S2. The van der Waals surface area contributed by atoms with Gasteiger partial charge >= 0.3 is 0 Å². The molecule has 0 aliphatic heterocycles. The van der Waals surface area contributed by atoms with Crippen molar-refractivity contribution in [3.8, 4) is 11.3 Å². The Morgan fingerprint density at radius 2 is 1.95 bits per heavy atom. The van der Waals surface area contributed by atoms with Gasteiger partial charge in [0, 0.05) is 33.9 Å². The van der Waals surface area contributed by atoms with E-state index in [1.165, 1.54) is 10.6 Å². The fraction of sp³-hybridized carbons (Fsp3) is 0.471. The van der Waals surface area contributed by atoms with Crippen molar-refractivity contribution in [2.45, 2.75) is 38.0 Å². The van der Waals surface area contributed by atoms with Gasteiger partial charge in [-0.1, -0.05) is 51.1 Å². The molecule has 0 fully saturated rings. The molecule has 4 heteroatoms. The fourth-order valence-electron chi connectivity index (χ4n) is 1.95. The van der Waals surface area contributed by atoms with Crippen molar-refractivity contribution in [3.63, 3.8) is 0 Å². The van der Waals surface area contributed by atoms with Crippen molar-refractivity contribution in [1.82, 2.24) is 10.3 Å². The summed E-state index contributed by atoms with van der Waals surface area (Å²) in [4.78, 5) is 4.78. The lowest BCUT2D eigenvalue weighted by Gasteiger charge is -2.22. The highest BCUT2D eigenvalue weighted by molar-refractivity contribution is 8.00. The van der Waals surface area contributed by atoms with Crippen LogP contribution in [0.25, 0.3) is 11.3 Å². The van der Waals surface area contributed by atoms with Crippen molar-refractivity contribution in [2.24, 2.45) is 0 Å². The molecular weight excluding hydrogens is 296 g/mol. The highest BCUT2D eigenvalue weighted by Gasteiger charge is 2.16. The molecule has 1 unspecified atom stereocenters. The van der Waals surface area contributed by atoms with Gasteiger partial charge in [-0.05, 0) is 7.05 Å². The number of thiazole rings is 1. The predicted octanol–water partition coefficient (Wildman–Crippen LogP) is 4.47. The Hall–Kier alpha value is -0.840. The summed E-state index contributed by atoms with van der Waals surface area (Å²) in [6.07, 6.45) is 0.997. The summed E-state index contributed by atoms with van der Waals surface area (Å²) in [6, 6.07) is 10.9. The van der Waals surface area contributed by atoms with Crippen LogP contribution in [-0.4, -0.2) is 28.6 Å². The van der Waals surface area contributed by atoms with Crippen molar-refractivity contribution in [3.05, 3.63) is 40.7 Å². The summed E-state index contributed by atoms with van der Waals surface area (Å²) in [6.45, 7) is 6.80. The SMILES string of the molecule is CNC(CSC(C)(C)C)Cc1nc(-c2ccccc2)cs1. The topological polar surface area (TPSA) is 24.9 Å². The Bertz CT molecular complexity index is 543. The van der Waals surface area contributed by atoms with E-state index in [0.29, 0.717) is 10.8 Å². The van der Waals surface area contributed by atoms with Crippen LogP contribution in [0, 0.1) is 0 Å². The van der Waals surface area contributed by atoms with Crippen LogP contribution < -0.4 is 5.32 Å². The molecule has 1 atom stereocenters. The molecule has 114 valence electrons. The van der Waals surface area contributed by atoms with Gasteiger partial charge in [0.15, 0.2) is 0 Å². The third kappa shape index (κ3) is 5.46. The van der Waals surface area contributed by atoms with E-state index >= 15 is 0 Å². The zero-order valence-corrected chi connectivity index (χ0v) is 14.9. The molecule has 1 N–H and O–H groups in total. The summed E-state index contributed by atoms with van der Waals surface area (Å²) in [5, 5.41) is 6.79. The number of thioether (sulfide) groups is 1. The molecule has 0 spiro atoms. The number of benzene rings is 1. The number of nitrogens with zero attached hydrogens (tertiary/aromatic N) is 1. The van der Waals surface area contributed by atoms with Crippen LogP contribution in [0.3, 0.4) is 0 Å². The first-order valence-electron chi connectivity index (χ1n) is 7.29. The number of likely N-dealkylation sites (N-methyl/N-ethyl adjacent to an activating group) is 1. The Morgan fingerprint density at radius 1 is 1.24 bits per heavy atom. The van der Waals surface area contributed by atoms with Crippen molar-refractivity contribution < 1.29 is 0 Å². The first-order chi connectivity index (χ1) is 9.98. The standard InChI is InChI=1S/C17H24N2S2/c1-17(2,3)21-11-14(18-4)10-16-19-15(12-20-16)13-8-6-5-7-9-13/h5-9,12,14,18H,10-11H2,1-4H3. The third-order valence-corrected chi connectivity index (χ3v) is 5.47. The molecule has 2 rings (SSSR count). The van der Waals surface area contributed by atoms with Crippen LogP contribution in [0.4, 0.5) is 0 Å². The third-order valence-electron chi connectivity index (χ3n) is 3.17. The molecule has 2 aromatic rings. The average molecular weight is 321 g/mol. The zero-order chi connectivity index (χ0) is 15.3. The Morgan fingerprint density at radius 3 is 2.57 bits per heavy atom. The van der Waals surface area contributed by atoms with Crippen LogP contribution in [0.5, 0.6) is 0 Å². The lowest BCUT2D eigenvalue weighted by molar-refractivity contribution is 0.612. The van der Waals surface area contributed by atoms with Gasteiger partial charge in [-0.15, -0.1) is 11.3 Å². The minimum atomic E-state index is 0.313. The van der Waals surface area contributed by atoms with Crippen LogP contribution >= 0.6 is 23.1 Å². The highest BCUT2D eigenvalue weighted by atomic mass is 32.2. The van der Waals surface area contributed by atoms with Crippen LogP contribution in [0.15, 0.2) is 35.7 Å². The van der Waals surface area contributed by atoms with Gasteiger partial charge in [-0.2, -0.15) is 11.8 Å². The minimum Gasteiger partial charge on any atom is -0.316 e. The number of hydrogen-bond donors (Lipinski definition) is 1. The minimum absolute atomic E-state index is 0.313. The molecule has 0 aliphatic carbocycles. The summed E-state index contributed by atoms with van der Waals surface area (Å²) >= 11 is 3.76. The summed E-state index contributed by atoms with van der Waals surface area (Å²) < 4.78 is 0.313. The van der Waals surface area contributed by atoms with Crippen LogP contribution in [0.1, 0.15) is 25.8 Å². The molecule has 21 heavy (non-hydrogen) atoms. The van der Waals surface area contributed by atoms with E-state index in [-0.39, 0.29) is 0 Å². The van der Waals surface area contributed by atoms with E-state index in [4.69, 9.17) is 4.98 Å². The first kappa shape index (κ1) is 16.5. The van der Waals surface area contributed by atoms with E-state index in [1.807, 2.05) is 24.9 Å². The van der Waals surface area contributed by atoms with Gasteiger partial charge in [-0.25, -0.2) is 4.98 Å². The largest absolute Gasteiger partial charge is 0.316 e. The number of nitrogens with one attached hydrogen (secondary N) is 1. The van der Waals surface area contributed by atoms with Crippen molar-refractivity contribution in [1.29, 1.82) is 0 Å². The second kappa shape index (κ2) is 7.43. The maximum Gasteiger partial charge on any atom is 0.0948 e. The maximum atomic E-state index is 4.78. The van der Waals surface area contributed by atoms with E-state index < -0.39 is 0 Å². The molecule has 0 bridgehead atoms. The van der Waals surface area contributed by atoms with Crippen molar-refractivity contribution >= 4 is 23.1 Å². The normalized spacial score (nSPS) is 13.3. The van der Waals surface area contributed by atoms with Crippen LogP contribution in [0.2, 0.25) is 0 Å². The number of rotatable bonds is 6. The molecule has 0 aliphatic rings. The second-order valence-electron chi connectivity index (χ2n) is 6.11. The van der Waals surface area contributed by atoms with Gasteiger partial charge in [0.05, 0.1) is 10.7 Å². The number of aromatic nitrogens is 1. The van der Waals surface area contributed by atoms with E-state index in [1.54, 1.807) is 11.3 Å². The molecule has 0 radical (unpaired) electrons. The zero-order valence-electron chi connectivity index (χ0n) is 13.2. The Kier molecular flexibility index (Phi) is 5.85. The maximum absolute atomic E-state index is 4.78.